The fourth-order valence-corrected chi connectivity index (χ4v) is 2.59. The molecule has 0 bridgehead atoms. The number of nitrogens with zero attached hydrogens (tertiary/aromatic N) is 3. The molecule has 0 aromatic carbocycles. The maximum absolute atomic E-state index is 4.68. The van der Waals surface area contributed by atoms with E-state index in [2.05, 4.69) is 31.7 Å². The van der Waals surface area contributed by atoms with Gasteiger partial charge in [0.2, 0.25) is 0 Å². The maximum Gasteiger partial charge on any atom is 0.148 e. The second-order valence-electron chi connectivity index (χ2n) is 5.18. The average molecular weight is 269 g/mol. The number of rotatable bonds is 3. The number of piperidine rings is 1. The molecule has 1 atom stereocenters. The summed E-state index contributed by atoms with van der Waals surface area (Å²) in [6.07, 6.45) is 7.49. The summed E-state index contributed by atoms with van der Waals surface area (Å²) in [5, 5.41) is 6.73. The molecule has 3 rings (SSSR count). The zero-order valence-electron chi connectivity index (χ0n) is 11.6. The first-order valence-electron chi connectivity index (χ1n) is 7.03. The average Bonchev–Trinajstić information content (AvgIpc) is 2.49. The summed E-state index contributed by atoms with van der Waals surface area (Å²) in [5.41, 5.74) is 3.21. The van der Waals surface area contributed by atoms with Crippen molar-refractivity contribution in [3.05, 3.63) is 42.1 Å². The minimum Gasteiger partial charge on any atom is -0.339 e. The van der Waals surface area contributed by atoms with Crippen LogP contribution in [-0.2, 0) is 0 Å². The highest BCUT2D eigenvalue weighted by atomic mass is 15.0. The normalized spacial score (nSPS) is 18.8. The van der Waals surface area contributed by atoms with Gasteiger partial charge in [0.1, 0.15) is 5.82 Å². The molecule has 5 nitrogen and oxygen atoms in total. The van der Waals surface area contributed by atoms with E-state index in [-0.39, 0.29) is 0 Å². The zero-order chi connectivity index (χ0) is 13.8. The molecular weight excluding hydrogens is 250 g/mol. The number of anilines is 2. The molecule has 3 heterocycles. The van der Waals surface area contributed by atoms with Crippen LogP contribution in [0.15, 0.2) is 30.7 Å². The summed E-state index contributed by atoms with van der Waals surface area (Å²) >= 11 is 0. The number of aryl methyl sites for hydroxylation is 1. The smallest absolute Gasteiger partial charge is 0.148 e. The molecule has 0 unspecified atom stereocenters. The van der Waals surface area contributed by atoms with Crippen molar-refractivity contribution >= 4 is 11.5 Å². The Morgan fingerprint density at radius 1 is 1.30 bits per heavy atom. The van der Waals surface area contributed by atoms with Gasteiger partial charge >= 0.3 is 0 Å². The molecule has 0 spiro atoms. The van der Waals surface area contributed by atoms with Gasteiger partial charge in [0.05, 0.1) is 6.20 Å². The van der Waals surface area contributed by atoms with Crippen LogP contribution in [0.4, 0.5) is 11.5 Å². The number of nitrogens with one attached hydrogen (secondary N) is 2. The van der Waals surface area contributed by atoms with Crippen LogP contribution in [0.25, 0.3) is 0 Å². The fraction of sp³-hybridized carbons (Fsp3) is 0.400. The van der Waals surface area contributed by atoms with Crippen LogP contribution < -0.4 is 10.6 Å². The molecule has 1 aliphatic heterocycles. The summed E-state index contributed by atoms with van der Waals surface area (Å²) in [7, 11) is 0. The van der Waals surface area contributed by atoms with E-state index in [0.717, 1.165) is 36.0 Å². The number of hydrogen-bond acceptors (Lipinski definition) is 5. The van der Waals surface area contributed by atoms with E-state index in [1.165, 1.54) is 12.8 Å². The minimum absolute atomic E-state index is 0.506. The van der Waals surface area contributed by atoms with Gasteiger partial charge < -0.3 is 10.6 Å². The molecule has 1 saturated heterocycles. The standard InChI is InChI=1S/C15H19N5/c1-11-7-13(20-15-10-17-5-6-18-15)8-14(19-11)12-3-2-4-16-9-12/h5-8,10,12,16H,2-4,9H2,1H3,(H,18,19,20)/t12-/m1/s1. The lowest BCUT2D eigenvalue weighted by Gasteiger charge is -2.23. The first-order chi connectivity index (χ1) is 9.81. The van der Waals surface area contributed by atoms with Gasteiger partial charge in [-0.3, -0.25) is 9.97 Å². The lowest BCUT2D eigenvalue weighted by atomic mass is 9.95. The van der Waals surface area contributed by atoms with Crippen LogP contribution in [0.2, 0.25) is 0 Å². The van der Waals surface area contributed by atoms with Gasteiger partial charge in [-0.25, -0.2) is 4.98 Å². The van der Waals surface area contributed by atoms with Crippen molar-refractivity contribution in [3.8, 4) is 0 Å². The monoisotopic (exact) mass is 269 g/mol. The molecule has 20 heavy (non-hydrogen) atoms. The lowest BCUT2D eigenvalue weighted by molar-refractivity contribution is 0.454. The van der Waals surface area contributed by atoms with E-state index >= 15 is 0 Å². The SMILES string of the molecule is Cc1cc(Nc2cnccn2)cc([C@@H]2CCCNC2)n1. The van der Waals surface area contributed by atoms with Gasteiger partial charge in [-0.2, -0.15) is 0 Å². The van der Waals surface area contributed by atoms with E-state index in [0.29, 0.717) is 5.92 Å². The molecule has 0 aliphatic carbocycles. The molecule has 1 aliphatic rings. The Balaban J connectivity index is 1.82. The molecule has 0 saturated carbocycles. The van der Waals surface area contributed by atoms with E-state index in [9.17, 15) is 0 Å². The van der Waals surface area contributed by atoms with Gasteiger partial charge in [-0.1, -0.05) is 0 Å². The summed E-state index contributed by atoms with van der Waals surface area (Å²) in [6.45, 7) is 4.16. The third-order valence-corrected chi connectivity index (χ3v) is 3.52. The molecule has 5 heteroatoms. The number of pyridine rings is 1. The van der Waals surface area contributed by atoms with Crippen LogP contribution in [-0.4, -0.2) is 28.0 Å². The second-order valence-corrected chi connectivity index (χ2v) is 5.18. The Labute approximate surface area is 118 Å². The number of hydrogen-bond donors (Lipinski definition) is 2. The van der Waals surface area contributed by atoms with Crippen molar-refractivity contribution in [1.29, 1.82) is 0 Å². The highest BCUT2D eigenvalue weighted by Crippen LogP contribution is 2.25. The van der Waals surface area contributed by atoms with Gasteiger partial charge in [-0.15, -0.1) is 0 Å². The minimum atomic E-state index is 0.506. The third kappa shape index (κ3) is 3.11. The van der Waals surface area contributed by atoms with Gasteiger partial charge in [-0.05, 0) is 38.4 Å². The predicted octanol–water partition coefficient (Wildman–Crippen LogP) is 2.39. The van der Waals surface area contributed by atoms with Gasteiger partial charge in [0.25, 0.3) is 0 Å². The van der Waals surface area contributed by atoms with Crippen molar-refractivity contribution < 1.29 is 0 Å². The molecule has 1 fully saturated rings. The molecular formula is C15H19N5. The number of aromatic nitrogens is 3. The summed E-state index contributed by atoms with van der Waals surface area (Å²) in [5.74, 6) is 1.26. The van der Waals surface area contributed by atoms with Gasteiger partial charge in [0.15, 0.2) is 0 Å². The van der Waals surface area contributed by atoms with E-state index in [4.69, 9.17) is 0 Å². The molecule has 2 aromatic rings. The van der Waals surface area contributed by atoms with Crippen molar-refractivity contribution in [2.75, 3.05) is 18.4 Å². The predicted molar refractivity (Wildman–Crippen MR) is 79.1 cm³/mol. The van der Waals surface area contributed by atoms with Crippen molar-refractivity contribution in [2.24, 2.45) is 0 Å². The molecule has 0 amide bonds. The Kier molecular flexibility index (Phi) is 3.87. The summed E-state index contributed by atoms with van der Waals surface area (Å²) in [6, 6.07) is 4.16. The molecule has 2 aromatic heterocycles. The van der Waals surface area contributed by atoms with Crippen LogP contribution in [0, 0.1) is 6.92 Å². The summed E-state index contributed by atoms with van der Waals surface area (Å²) < 4.78 is 0. The molecule has 104 valence electrons. The van der Waals surface area contributed by atoms with Gasteiger partial charge in [0, 0.05) is 41.9 Å². The first kappa shape index (κ1) is 13.0. The van der Waals surface area contributed by atoms with Crippen LogP contribution >= 0.6 is 0 Å². The molecule has 2 N–H and O–H groups in total. The van der Waals surface area contributed by atoms with E-state index in [1.807, 2.05) is 13.0 Å². The highest BCUT2D eigenvalue weighted by Gasteiger charge is 2.17. The van der Waals surface area contributed by atoms with Crippen molar-refractivity contribution in [3.63, 3.8) is 0 Å². The summed E-state index contributed by atoms with van der Waals surface area (Å²) in [4.78, 5) is 13.0. The van der Waals surface area contributed by atoms with Crippen molar-refractivity contribution in [2.45, 2.75) is 25.7 Å². The maximum atomic E-state index is 4.68. The van der Waals surface area contributed by atoms with E-state index < -0.39 is 0 Å². The van der Waals surface area contributed by atoms with Crippen LogP contribution in [0.5, 0.6) is 0 Å². The zero-order valence-corrected chi connectivity index (χ0v) is 11.6. The first-order valence-corrected chi connectivity index (χ1v) is 7.03. The van der Waals surface area contributed by atoms with E-state index in [1.54, 1.807) is 18.6 Å². The largest absolute Gasteiger partial charge is 0.339 e. The Morgan fingerprint density at radius 2 is 2.25 bits per heavy atom. The highest BCUT2D eigenvalue weighted by molar-refractivity contribution is 5.56. The fourth-order valence-electron chi connectivity index (χ4n) is 2.59. The second kappa shape index (κ2) is 5.96. The van der Waals surface area contributed by atoms with Crippen LogP contribution in [0.1, 0.15) is 30.1 Å². The third-order valence-electron chi connectivity index (χ3n) is 3.52. The Morgan fingerprint density at radius 3 is 3.00 bits per heavy atom. The van der Waals surface area contributed by atoms with Crippen LogP contribution in [0.3, 0.4) is 0 Å². The lowest BCUT2D eigenvalue weighted by Crippen LogP contribution is -2.28. The Bertz CT molecular complexity index is 564. The molecule has 0 radical (unpaired) electrons. The topological polar surface area (TPSA) is 62.7 Å². The Hall–Kier alpha value is -2.01. The quantitative estimate of drug-likeness (QED) is 0.896. The van der Waals surface area contributed by atoms with Crippen molar-refractivity contribution in [1.82, 2.24) is 20.3 Å².